The Kier molecular flexibility index (Phi) is 8.05. The van der Waals surface area contributed by atoms with Crippen molar-refractivity contribution in [2.75, 3.05) is 14.2 Å². The highest BCUT2D eigenvalue weighted by Gasteiger charge is 2.23. The largest absolute Gasteiger partial charge is 0.497 e. The van der Waals surface area contributed by atoms with Crippen molar-refractivity contribution >= 4 is 17.7 Å². The number of carbonyl (C=O) groups is 1. The monoisotopic (exact) mass is 488 g/mol. The van der Waals surface area contributed by atoms with Crippen LogP contribution in [0, 0.1) is 0 Å². The summed E-state index contributed by atoms with van der Waals surface area (Å²) >= 11 is 1.60. The van der Waals surface area contributed by atoms with Gasteiger partial charge in [-0.15, -0.1) is 10.2 Å². The van der Waals surface area contributed by atoms with Gasteiger partial charge in [0.15, 0.2) is 11.0 Å². The number of rotatable bonds is 10. The Hall–Kier alpha value is -3.78. The lowest BCUT2D eigenvalue weighted by atomic mass is 10.0. The number of hydrogen-bond acceptors (Lipinski definition) is 6. The lowest BCUT2D eigenvalue weighted by Gasteiger charge is -2.19. The van der Waals surface area contributed by atoms with E-state index in [2.05, 4.69) is 15.5 Å². The van der Waals surface area contributed by atoms with Crippen LogP contribution in [0.3, 0.4) is 0 Å². The molecule has 0 fully saturated rings. The summed E-state index contributed by atoms with van der Waals surface area (Å²) < 4.78 is 12.4. The van der Waals surface area contributed by atoms with Gasteiger partial charge in [-0.25, -0.2) is 0 Å². The molecule has 0 saturated carbocycles. The number of aromatic nitrogens is 3. The number of amides is 1. The van der Waals surface area contributed by atoms with Gasteiger partial charge in [0.2, 0.25) is 0 Å². The smallest absolute Gasteiger partial charge is 0.251 e. The SMILES string of the molecule is COc1ccc(CSc2nnc(C(Cc3ccccc3)NC(=O)c3ccc(OC)cc3)n2C)cc1. The van der Waals surface area contributed by atoms with E-state index >= 15 is 0 Å². The van der Waals surface area contributed by atoms with E-state index in [1.54, 1.807) is 50.2 Å². The fraction of sp³-hybridized carbons (Fsp3) is 0.222. The first-order chi connectivity index (χ1) is 17.1. The normalized spacial score (nSPS) is 11.6. The van der Waals surface area contributed by atoms with Crippen LogP contribution >= 0.6 is 11.8 Å². The van der Waals surface area contributed by atoms with Crippen LogP contribution in [0.5, 0.6) is 11.5 Å². The van der Waals surface area contributed by atoms with Gasteiger partial charge in [0.05, 0.1) is 20.3 Å². The van der Waals surface area contributed by atoms with Crippen molar-refractivity contribution < 1.29 is 14.3 Å². The maximum absolute atomic E-state index is 13.1. The second-order valence-corrected chi connectivity index (χ2v) is 8.92. The highest BCUT2D eigenvalue weighted by molar-refractivity contribution is 7.98. The predicted molar refractivity (Wildman–Crippen MR) is 137 cm³/mol. The van der Waals surface area contributed by atoms with Crippen LogP contribution in [0.25, 0.3) is 0 Å². The molecule has 4 rings (SSSR count). The predicted octanol–water partition coefficient (Wildman–Crippen LogP) is 4.84. The van der Waals surface area contributed by atoms with Crippen molar-refractivity contribution in [2.45, 2.75) is 23.4 Å². The molecule has 8 heteroatoms. The second-order valence-electron chi connectivity index (χ2n) is 7.98. The van der Waals surface area contributed by atoms with Crippen molar-refractivity contribution in [3.63, 3.8) is 0 Å². The van der Waals surface area contributed by atoms with Gasteiger partial charge in [-0.2, -0.15) is 0 Å². The number of ether oxygens (including phenoxy) is 2. The number of hydrogen-bond donors (Lipinski definition) is 1. The summed E-state index contributed by atoms with van der Waals surface area (Å²) in [6, 6.07) is 24.7. The molecule has 1 unspecified atom stereocenters. The quantitative estimate of drug-likeness (QED) is 0.322. The summed E-state index contributed by atoms with van der Waals surface area (Å²) in [6.07, 6.45) is 0.595. The molecule has 3 aromatic carbocycles. The minimum atomic E-state index is -0.347. The Morgan fingerprint density at radius 2 is 1.51 bits per heavy atom. The molecule has 0 aliphatic carbocycles. The summed E-state index contributed by atoms with van der Waals surface area (Å²) in [6.45, 7) is 0. The molecular formula is C27H28N4O3S. The molecule has 0 aliphatic heterocycles. The van der Waals surface area contributed by atoms with Crippen LogP contribution in [0.15, 0.2) is 84.0 Å². The molecule has 0 bridgehead atoms. The molecule has 7 nitrogen and oxygen atoms in total. The Bertz CT molecular complexity index is 1240. The number of thioether (sulfide) groups is 1. The summed E-state index contributed by atoms with van der Waals surface area (Å²) in [7, 11) is 5.19. The molecule has 1 atom stereocenters. The number of carbonyl (C=O) groups excluding carboxylic acids is 1. The summed E-state index contributed by atoms with van der Waals surface area (Å²) in [5.41, 5.74) is 2.82. The van der Waals surface area contributed by atoms with Gasteiger partial charge in [-0.1, -0.05) is 54.2 Å². The second kappa shape index (κ2) is 11.6. The third kappa shape index (κ3) is 6.22. The zero-order chi connectivity index (χ0) is 24.6. The number of benzene rings is 3. The van der Waals surface area contributed by atoms with Crippen molar-refractivity contribution in [1.82, 2.24) is 20.1 Å². The first-order valence-corrected chi connectivity index (χ1v) is 12.2. The minimum absolute atomic E-state index is 0.177. The number of nitrogens with zero attached hydrogens (tertiary/aromatic N) is 3. The zero-order valence-electron chi connectivity index (χ0n) is 20.0. The van der Waals surface area contributed by atoms with Crippen molar-refractivity contribution in [2.24, 2.45) is 7.05 Å². The zero-order valence-corrected chi connectivity index (χ0v) is 20.8. The molecule has 0 aliphatic rings. The van der Waals surface area contributed by atoms with E-state index in [0.717, 1.165) is 27.8 Å². The summed E-state index contributed by atoms with van der Waals surface area (Å²) in [4.78, 5) is 13.1. The maximum Gasteiger partial charge on any atom is 0.251 e. The van der Waals surface area contributed by atoms with E-state index in [1.807, 2.05) is 66.2 Å². The Morgan fingerprint density at radius 1 is 0.886 bits per heavy atom. The van der Waals surface area contributed by atoms with E-state index in [1.165, 1.54) is 0 Å². The Balaban J connectivity index is 1.53. The molecule has 0 spiro atoms. The Labute approximate surface area is 209 Å². The average molecular weight is 489 g/mol. The third-order valence-corrected chi connectivity index (χ3v) is 6.74. The van der Waals surface area contributed by atoms with Crippen LogP contribution in [-0.2, 0) is 19.2 Å². The Morgan fingerprint density at radius 3 is 2.14 bits per heavy atom. The molecule has 35 heavy (non-hydrogen) atoms. The highest BCUT2D eigenvalue weighted by atomic mass is 32.2. The lowest BCUT2D eigenvalue weighted by Crippen LogP contribution is -2.31. The summed E-state index contributed by atoms with van der Waals surface area (Å²) in [5, 5.41) is 12.8. The first kappa shape index (κ1) is 24.3. The standard InChI is InChI=1S/C27H28N4O3S/c1-31-25(29-30-27(31)35-18-20-9-13-22(33-2)14-10-20)24(17-19-7-5-4-6-8-19)28-26(32)21-11-15-23(34-3)16-12-21/h4-16,24H,17-18H2,1-3H3,(H,28,32). The van der Waals surface area contributed by atoms with Crippen LogP contribution in [0.1, 0.15) is 33.4 Å². The fourth-order valence-corrected chi connectivity index (χ4v) is 4.54. The van der Waals surface area contributed by atoms with Gasteiger partial charge in [-0.05, 0) is 53.9 Å². The fourth-order valence-electron chi connectivity index (χ4n) is 3.67. The van der Waals surface area contributed by atoms with Gasteiger partial charge in [0, 0.05) is 18.4 Å². The van der Waals surface area contributed by atoms with E-state index in [0.29, 0.717) is 23.6 Å². The number of nitrogens with one attached hydrogen (secondary N) is 1. The van der Waals surface area contributed by atoms with Gasteiger partial charge in [-0.3, -0.25) is 4.79 Å². The van der Waals surface area contributed by atoms with Crippen LogP contribution in [0.2, 0.25) is 0 Å². The van der Waals surface area contributed by atoms with E-state index in [9.17, 15) is 4.79 Å². The van der Waals surface area contributed by atoms with E-state index < -0.39 is 0 Å². The first-order valence-electron chi connectivity index (χ1n) is 11.2. The number of methoxy groups -OCH3 is 2. The molecule has 1 heterocycles. The van der Waals surface area contributed by atoms with Gasteiger partial charge >= 0.3 is 0 Å². The molecule has 1 aromatic heterocycles. The molecule has 1 N–H and O–H groups in total. The van der Waals surface area contributed by atoms with Crippen molar-refractivity contribution in [3.8, 4) is 11.5 Å². The highest BCUT2D eigenvalue weighted by Crippen LogP contribution is 2.26. The molecule has 1 amide bonds. The topological polar surface area (TPSA) is 78.3 Å². The molecule has 180 valence electrons. The van der Waals surface area contributed by atoms with Gasteiger partial charge in [0.1, 0.15) is 11.5 Å². The van der Waals surface area contributed by atoms with Gasteiger partial charge < -0.3 is 19.4 Å². The van der Waals surface area contributed by atoms with Crippen LogP contribution in [-0.4, -0.2) is 34.9 Å². The third-order valence-electron chi connectivity index (χ3n) is 5.65. The average Bonchev–Trinajstić information content (AvgIpc) is 3.28. The van der Waals surface area contributed by atoms with Gasteiger partial charge in [0.25, 0.3) is 5.91 Å². The molecule has 0 saturated heterocycles. The van der Waals surface area contributed by atoms with Crippen molar-refractivity contribution in [1.29, 1.82) is 0 Å². The van der Waals surface area contributed by atoms with Crippen LogP contribution in [0.4, 0.5) is 0 Å². The lowest BCUT2D eigenvalue weighted by molar-refractivity contribution is 0.0934. The molecule has 4 aromatic rings. The van der Waals surface area contributed by atoms with E-state index in [-0.39, 0.29) is 11.9 Å². The van der Waals surface area contributed by atoms with E-state index in [4.69, 9.17) is 9.47 Å². The summed E-state index contributed by atoms with van der Waals surface area (Å²) in [5.74, 6) is 2.81. The molecular weight excluding hydrogens is 460 g/mol. The van der Waals surface area contributed by atoms with Crippen LogP contribution < -0.4 is 14.8 Å². The minimum Gasteiger partial charge on any atom is -0.497 e. The molecule has 0 radical (unpaired) electrons. The van der Waals surface area contributed by atoms with Crippen molar-refractivity contribution in [3.05, 3.63) is 101 Å². The maximum atomic E-state index is 13.1.